The predicted octanol–water partition coefficient (Wildman–Crippen LogP) is 7.99. The molecule has 0 N–H and O–H groups in total. The second-order valence-corrected chi connectivity index (χ2v) is 10.4. The summed E-state index contributed by atoms with van der Waals surface area (Å²) in [4.78, 5) is 0. The van der Waals surface area contributed by atoms with Crippen molar-refractivity contribution in [3.8, 4) is 0 Å². The van der Waals surface area contributed by atoms with Crippen LogP contribution in [0, 0.1) is 23.7 Å². The molecule has 154 valence electrons. The topological polar surface area (TPSA) is 0 Å². The van der Waals surface area contributed by atoms with Crippen molar-refractivity contribution in [2.45, 2.75) is 64.7 Å². The minimum atomic E-state index is 0.765. The van der Waals surface area contributed by atoms with Gasteiger partial charge in [-0.1, -0.05) is 68.0 Å². The van der Waals surface area contributed by atoms with Crippen LogP contribution in [0.3, 0.4) is 0 Å². The van der Waals surface area contributed by atoms with Crippen molar-refractivity contribution in [2.24, 2.45) is 23.7 Å². The monoisotopic (exact) mass is 394 g/mol. The summed E-state index contributed by atoms with van der Waals surface area (Å²) < 4.78 is 0. The van der Waals surface area contributed by atoms with Gasteiger partial charge in [-0.3, -0.25) is 0 Å². The second kappa shape index (κ2) is 7.26. The van der Waals surface area contributed by atoms with E-state index < -0.39 is 0 Å². The fraction of sp³-hybridized carbons (Fsp3) is 0.467. The first kappa shape index (κ1) is 18.7. The van der Waals surface area contributed by atoms with Gasteiger partial charge in [-0.05, 0) is 114 Å². The summed E-state index contributed by atoms with van der Waals surface area (Å²) in [6.45, 7) is 6.97. The highest BCUT2D eigenvalue weighted by molar-refractivity contribution is 5.83. The third kappa shape index (κ3) is 2.95. The van der Waals surface area contributed by atoms with Crippen LogP contribution in [0.1, 0.15) is 69.4 Å². The molecular formula is C30H34. The maximum Gasteiger partial charge on any atom is -0.00139 e. The van der Waals surface area contributed by atoms with Crippen molar-refractivity contribution in [1.82, 2.24) is 0 Å². The molecule has 0 saturated heterocycles. The standard InChI is InChI=1S/C30H34/c1-3-21-12-13-27-19(2)25(16-24-11-10-22-6-4-5-7-28(22)24)17-30(27)29(21)18-26-15-20-8-9-23(26)14-20/h4-7,11,13,16,20-21,23,26H,2-3,8-10,12,14-15,17-18H2,1H3/b25-16+. The molecule has 1 aromatic carbocycles. The SMILES string of the molecule is C=C1C2=CCC(CC)C(CC3CC4CCC3C4)=C2C/C1=C\C1=CCc2ccccc21. The lowest BCUT2D eigenvalue weighted by atomic mass is 9.75. The van der Waals surface area contributed by atoms with Crippen molar-refractivity contribution in [3.05, 3.63) is 88.1 Å². The number of rotatable bonds is 4. The van der Waals surface area contributed by atoms with Crippen LogP contribution in [0.5, 0.6) is 0 Å². The zero-order valence-electron chi connectivity index (χ0n) is 18.4. The fourth-order valence-corrected chi connectivity index (χ4v) is 7.31. The first-order chi connectivity index (χ1) is 14.7. The van der Waals surface area contributed by atoms with E-state index in [1.807, 2.05) is 5.57 Å². The summed E-state index contributed by atoms with van der Waals surface area (Å²) in [5, 5.41) is 0. The van der Waals surface area contributed by atoms with Gasteiger partial charge in [-0.25, -0.2) is 0 Å². The molecule has 1 aromatic rings. The van der Waals surface area contributed by atoms with Crippen molar-refractivity contribution in [2.75, 3.05) is 0 Å². The second-order valence-electron chi connectivity index (χ2n) is 10.4. The quantitative estimate of drug-likeness (QED) is 0.485. The van der Waals surface area contributed by atoms with Crippen LogP contribution in [0.2, 0.25) is 0 Å². The molecule has 4 atom stereocenters. The Morgan fingerprint density at radius 3 is 2.80 bits per heavy atom. The predicted molar refractivity (Wildman–Crippen MR) is 127 cm³/mol. The number of allylic oxidation sites excluding steroid dienone is 9. The Hall–Kier alpha value is -2.08. The Morgan fingerprint density at radius 1 is 1.10 bits per heavy atom. The van der Waals surface area contributed by atoms with E-state index in [2.05, 4.69) is 56.0 Å². The van der Waals surface area contributed by atoms with Gasteiger partial charge in [0.05, 0.1) is 0 Å². The Balaban J connectivity index is 1.33. The van der Waals surface area contributed by atoms with E-state index in [0.717, 1.165) is 36.5 Å². The number of fused-ring (bicyclic) bond motifs is 4. The van der Waals surface area contributed by atoms with Gasteiger partial charge in [0, 0.05) is 0 Å². The van der Waals surface area contributed by atoms with Gasteiger partial charge in [-0.15, -0.1) is 0 Å². The summed E-state index contributed by atoms with van der Waals surface area (Å²) in [6.07, 6.45) is 19.5. The lowest BCUT2D eigenvalue weighted by molar-refractivity contribution is 0.319. The normalized spacial score (nSPS) is 33.2. The molecule has 0 amide bonds. The van der Waals surface area contributed by atoms with Gasteiger partial charge in [0.15, 0.2) is 0 Å². The fourth-order valence-electron chi connectivity index (χ4n) is 7.31. The summed E-state index contributed by atoms with van der Waals surface area (Å²) in [6, 6.07) is 8.88. The van der Waals surface area contributed by atoms with Gasteiger partial charge in [0.1, 0.15) is 0 Å². The van der Waals surface area contributed by atoms with E-state index in [1.165, 1.54) is 78.4 Å². The van der Waals surface area contributed by atoms with E-state index in [4.69, 9.17) is 0 Å². The van der Waals surface area contributed by atoms with Gasteiger partial charge >= 0.3 is 0 Å². The molecule has 6 rings (SSSR count). The zero-order valence-corrected chi connectivity index (χ0v) is 18.4. The van der Waals surface area contributed by atoms with Crippen LogP contribution >= 0.6 is 0 Å². The molecule has 4 unspecified atom stereocenters. The maximum absolute atomic E-state index is 4.58. The maximum atomic E-state index is 4.58. The van der Waals surface area contributed by atoms with Crippen LogP contribution < -0.4 is 0 Å². The van der Waals surface area contributed by atoms with Crippen LogP contribution in [0.4, 0.5) is 0 Å². The number of hydrogen-bond donors (Lipinski definition) is 0. The smallest absolute Gasteiger partial charge is 0.00139 e. The van der Waals surface area contributed by atoms with Crippen LogP contribution in [0.25, 0.3) is 5.57 Å². The van der Waals surface area contributed by atoms with E-state index >= 15 is 0 Å². The van der Waals surface area contributed by atoms with Gasteiger partial charge < -0.3 is 0 Å². The molecule has 0 heterocycles. The average molecular weight is 395 g/mol. The third-order valence-corrected chi connectivity index (χ3v) is 8.95. The van der Waals surface area contributed by atoms with Crippen LogP contribution in [-0.4, -0.2) is 0 Å². The Morgan fingerprint density at radius 2 is 2.00 bits per heavy atom. The Bertz CT molecular complexity index is 1020. The molecule has 0 aliphatic heterocycles. The highest BCUT2D eigenvalue weighted by Gasteiger charge is 2.41. The Labute approximate surface area is 182 Å². The molecule has 3 fully saturated rings. The van der Waals surface area contributed by atoms with E-state index in [-0.39, 0.29) is 0 Å². The van der Waals surface area contributed by atoms with Crippen molar-refractivity contribution >= 4 is 5.57 Å². The average Bonchev–Trinajstić information content (AvgIpc) is 3.54. The largest absolute Gasteiger partial charge is 0.0909 e. The lowest BCUT2D eigenvalue weighted by Gasteiger charge is -2.30. The number of hydrogen-bond acceptors (Lipinski definition) is 0. The van der Waals surface area contributed by atoms with E-state index in [0.29, 0.717) is 0 Å². The van der Waals surface area contributed by atoms with Crippen LogP contribution in [-0.2, 0) is 6.42 Å². The highest BCUT2D eigenvalue weighted by atomic mass is 14.5. The Kier molecular flexibility index (Phi) is 4.52. The molecule has 0 spiro atoms. The van der Waals surface area contributed by atoms with Crippen molar-refractivity contribution < 1.29 is 0 Å². The van der Waals surface area contributed by atoms with Gasteiger partial charge in [0.25, 0.3) is 0 Å². The molecule has 0 aromatic heterocycles. The molecule has 2 bridgehead atoms. The molecule has 0 heteroatoms. The molecule has 5 aliphatic rings. The molecule has 0 radical (unpaired) electrons. The molecule has 0 nitrogen and oxygen atoms in total. The molecule has 30 heavy (non-hydrogen) atoms. The molecule has 5 aliphatic carbocycles. The van der Waals surface area contributed by atoms with Gasteiger partial charge in [0.2, 0.25) is 0 Å². The van der Waals surface area contributed by atoms with E-state index in [9.17, 15) is 0 Å². The summed E-state index contributed by atoms with van der Waals surface area (Å²) in [5.74, 6) is 3.80. The minimum Gasteiger partial charge on any atom is -0.0909 e. The summed E-state index contributed by atoms with van der Waals surface area (Å²) >= 11 is 0. The third-order valence-electron chi connectivity index (χ3n) is 8.95. The highest BCUT2D eigenvalue weighted by Crippen LogP contribution is 2.54. The molecular weight excluding hydrogens is 360 g/mol. The zero-order chi connectivity index (χ0) is 20.2. The summed E-state index contributed by atoms with van der Waals surface area (Å²) in [5.41, 5.74) is 12.0. The molecule has 3 saturated carbocycles. The van der Waals surface area contributed by atoms with E-state index in [1.54, 1.807) is 5.57 Å². The van der Waals surface area contributed by atoms with Crippen molar-refractivity contribution in [3.63, 3.8) is 0 Å². The van der Waals surface area contributed by atoms with Crippen LogP contribution in [0.15, 0.2) is 76.9 Å². The van der Waals surface area contributed by atoms with Gasteiger partial charge in [-0.2, -0.15) is 0 Å². The first-order valence-electron chi connectivity index (χ1n) is 12.3. The summed E-state index contributed by atoms with van der Waals surface area (Å²) in [7, 11) is 0. The minimum absolute atomic E-state index is 0.765. The van der Waals surface area contributed by atoms with Crippen molar-refractivity contribution in [1.29, 1.82) is 0 Å². The first-order valence-corrected chi connectivity index (χ1v) is 12.3. The number of benzene rings is 1. The lowest BCUT2D eigenvalue weighted by Crippen LogP contribution is -2.17.